The molecule has 0 amide bonds. The highest BCUT2D eigenvalue weighted by Crippen LogP contribution is 2.16. The maximum absolute atomic E-state index is 10.4. The van der Waals surface area contributed by atoms with Crippen molar-refractivity contribution in [2.45, 2.75) is 26.7 Å². The van der Waals surface area contributed by atoms with Crippen LogP contribution in [0.3, 0.4) is 0 Å². The highest BCUT2D eigenvalue weighted by molar-refractivity contribution is 5.60. The predicted octanol–water partition coefficient (Wildman–Crippen LogP) is 1.79. The van der Waals surface area contributed by atoms with Crippen molar-refractivity contribution in [2.24, 2.45) is 0 Å². The summed E-state index contributed by atoms with van der Waals surface area (Å²) >= 11 is 0. The van der Waals surface area contributed by atoms with E-state index >= 15 is 0 Å². The minimum atomic E-state index is 0.452. The number of benzene rings is 1. The van der Waals surface area contributed by atoms with Gasteiger partial charge in [-0.1, -0.05) is 12.1 Å². The molecule has 74 valence electrons. The highest BCUT2D eigenvalue weighted by atomic mass is 16.1. The number of carbonyl (C=O) groups is 2. The van der Waals surface area contributed by atoms with Gasteiger partial charge in [0.15, 0.2) is 0 Å². The van der Waals surface area contributed by atoms with E-state index < -0.39 is 0 Å². The molecule has 2 heteroatoms. The fraction of sp³-hybridized carbons (Fsp3) is 0.333. The van der Waals surface area contributed by atoms with Gasteiger partial charge in [-0.3, -0.25) is 0 Å². The van der Waals surface area contributed by atoms with Crippen LogP contribution in [0.1, 0.15) is 22.3 Å². The summed E-state index contributed by atoms with van der Waals surface area (Å²) in [6.07, 6.45) is 2.71. The molecule has 1 rings (SSSR count). The van der Waals surface area contributed by atoms with Crippen LogP contribution in [-0.2, 0) is 22.4 Å². The van der Waals surface area contributed by atoms with Crippen LogP contribution < -0.4 is 0 Å². The van der Waals surface area contributed by atoms with Crippen LogP contribution >= 0.6 is 0 Å². The van der Waals surface area contributed by atoms with Crippen molar-refractivity contribution in [1.29, 1.82) is 0 Å². The molecule has 0 N–H and O–H groups in total. The van der Waals surface area contributed by atoms with Crippen LogP contribution in [-0.4, -0.2) is 12.6 Å². The average molecular weight is 190 g/mol. The summed E-state index contributed by atoms with van der Waals surface area (Å²) in [7, 11) is 0. The van der Waals surface area contributed by atoms with Gasteiger partial charge < -0.3 is 9.59 Å². The van der Waals surface area contributed by atoms with Gasteiger partial charge in [0.2, 0.25) is 0 Å². The molecule has 0 saturated heterocycles. The Balaban J connectivity index is 3.09. The molecule has 0 atom stereocenters. The number of rotatable bonds is 4. The van der Waals surface area contributed by atoms with Crippen LogP contribution in [0.5, 0.6) is 0 Å². The van der Waals surface area contributed by atoms with E-state index in [0.29, 0.717) is 12.8 Å². The fourth-order valence-electron chi connectivity index (χ4n) is 1.56. The standard InChI is InChI=1S/C12H14O2/c1-9-7-12(4-6-14)10(2)8-11(9)3-5-13/h5-8H,3-4H2,1-2H3. The van der Waals surface area contributed by atoms with Crippen molar-refractivity contribution in [3.8, 4) is 0 Å². The molecule has 0 aliphatic heterocycles. The predicted molar refractivity (Wildman–Crippen MR) is 55.5 cm³/mol. The Hall–Kier alpha value is -1.44. The van der Waals surface area contributed by atoms with Crippen molar-refractivity contribution >= 4 is 12.6 Å². The molecule has 2 nitrogen and oxygen atoms in total. The fourth-order valence-corrected chi connectivity index (χ4v) is 1.56. The third-order valence-electron chi connectivity index (χ3n) is 2.40. The molecule has 0 unspecified atom stereocenters. The smallest absolute Gasteiger partial charge is 0.124 e. The highest BCUT2D eigenvalue weighted by Gasteiger charge is 2.03. The van der Waals surface area contributed by atoms with Gasteiger partial charge in [0.05, 0.1) is 0 Å². The van der Waals surface area contributed by atoms with E-state index in [0.717, 1.165) is 34.8 Å². The van der Waals surface area contributed by atoms with Crippen LogP contribution in [0.2, 0.25) is 0 Å². The Bertz CT molecular complexity index is 318. The summed E-state index contributed by atoms with van der Waals surface area (Å²) in [5.74, 6) is 0. The Labute approximate surface area is 83.9 Å². The molecule has 0 spiro atoms. The van der Waals surface area contributed by atoms with Crippen molar-refractivity contribution in [1.82, 2.24) is 0 Å². The van der Waals surface area contributed by atoms with Crippen LogP contribution in [0.15, 0.2) is 12.1 Å². The SMILES string of the molecule is Cc1cc(CC=O)c(C)cc1CC=O. The summed E-state index contributed by atoms with van der Waals surface area (Å²) < 4.78 is 0. The second-order valence-corrected chi connectivity index (χ2v) is 3.45. The molecular formula is C12H14O2. The Morgan fingerprint density at radius 2 is 1.29 bits per heavy atom. The van der Waals surface area contributed by atoms with E-state index in [1.807, 2.05) is 26.0 Å². The van der Waals surface area contributed by atoms with E-state index in [4.69, 9.17) is 0 Å². The third-order valence-corrected chi connectivity index (χ3v) is 2.40. The monoisotopic (exact) mass is 190 g/mol. The number of aldehydes is 2. The number of hydrogen-bond donors (Lipinski definition) is 0. The average Bonchev–Trinajstić information content (AvgIpc) is 2.14. The van der Waals surface area contributed by atoms with E-state index in [2.05, 4.69) is 0 Å². The van der Waals surface area contributed by atoms with Crippen molar-refractivity contribution < 1.29 is 9.59 Å². The molecule has 0 saturated carbocycles. The minimum Gasteiger partial charge on any atom is -0.303 e. The van der Waals surface area contributed by atoms with Gasteiger partial charge in [0.1, 0.15) is 12.6 Å². The molecule has 1 aromatic rings. The Kier molecular flexibility index (Phi) is 3.57. The zero-order chi connectivity index (χ0) is 10.6. The molecule has 0 heterocycles. The molecule has 0 bridgehead atoms. The van der Waals surface area contributed by atoms with E-state index in [-0.39, 0.29) is 0 Å². The second kappa shape index (κ2) is 4.70. The molecule has 14 heavy (non-hydrogen) atoms. The van der Waals surface area contributed by atoms with E-state index in [1.54, 1.807) is 0 Å². The first-order valence-corrected chi connectivity index (χ1v) is 4.65. The van der Waals surface area contributed by atoms with E-state index in [9.17, 15) is 9.59 Å². The first-order chi connectivity index (χ1) is 6.69. The lowest BCUT2D eigenvalue weighted by atomic mass is 9.97. The van der Waals surface area contributed by atoms with Gasteiger partial charge in [0.25, 0.3) is 0 Å². The maximum Gasteiger partial charge on any atom is 0.124 e. The summed E-state index contributed by atoms with van der Waals surface area (Å²) in [6, 6.07) is 3.98. The molecule has 0 aliphatic carbocycles. The molecule has 0 aromatic heterocycles. The summed E-state index contributed by atoms with van der Waals surface area (Å²) in [6.45, 7) is 3.93. The molecule has 0 fully saturated rings. The second-order valence-electron chi connectivity index (χ2n) is 3.45. The van der Waals surface area contributed by atoms with Gasteiger partial charge in [-0.2, -0.15) is 0 Å². The lowest BCUT2D eigenvalue weighted by Gasteiger charge is -2.08. The molecular weight excluding hydrogens is 176 g/mol. The zero-order valence-electron chi connectivity index (χ0n) is 8.54. The molecule has 1 aromatic carbocycles. The lowest BCUT2D eigenvalue weighted by molar-refractivity contribution is -0.108. The number of aryl methyl sites for hydroxylation is 2. The summed E-state index contributed by atoms with van der Waals surface area (Å²) in [5, 5.41) is 0. The minimum absolute atomic E-state index is 0.452. The van der Waals surface area contributed by atoms with Crippen molar-refractivity contribution in [3.63, 3.8) is 0 Å². The first-order valence-electron chi connectivity index (χ1n) is 4.65. The first kappa shape index (κ1) is 10.6. The Morgan fingerprint density at radius 3 is 1.57 bits per heavy atom. The third kappa shape index (κ3) is 2.28. The van der Waals surface area contributed by atoms with Crippen molar-refractivity contribution in [3.05, 3.63) is 34.4 Å². The summed E-state index contributed by atoms with van der Waals surface area (Å²) in [4.78, 5) is 20.8. The molecule has 0 radical (unpaired) electrons. The maximum atomic E-state index is 10.4. The van der Waals surface area contributed by atoms with Gasteiger partial charge in [-0.15, -0.1) is 0 Å². The van der Waals surface area contributed by atoms with E-state index in [1.165, 1.54) is 0 Å². The quantitative estimate of drug-likeness (QED) is 0.678. The normalized spacial score (nSPS) is 9.86. The summed E-state index contributed by atoms with van der Waals surface area (Å²) in [5.41, 5.74) is 4.26. The van der Waals surface area contributed by atoms with Crippen LogP contribution in [0.4, 0.5) is 0 Å². The van der Waals surface area contributed by atoms with Gasteiger partial charge in [-0.25, -0.2) is 0 Å². The zero-order valence-corrected chi connectivity index (χ0v) is 8.54. The number of carbonyl (C=O) groups excluding carboxylic acids is 2. The number of hydrogen-bond acceptors (Lipinski definition) is 2. The van der Waals surface area contributed by atoms with Crippen LogP contribution in [0.25, 0.3) is 0 Å². The lowest BCUT2D eigenvalue weighted by Crippen LogP contribution is -1.97. The largest absolute Gasteiger partial charge is 0.303 e. The van der Waals surface area contributed by atoms with Gasteiger partial charge >= 0.3 is 0 Å². The van der Waals surface area contributed by atoms with Crippen LogP contribution in [0, 0.1) is 13.8 Å². The van der Waals surface area contributed by atoms with Gasteiger partial charge in [0, 0.05) is 12.8 Å². The van der Waals surface area contributed by atoms with Gasteiger partial charge in [-0.05, 0) is 36.1 Å². The van der Waals surface area contributed by atoms with Crippen molar-refractivity contribution in [2.75, 3.05) is 0 Å². The topological polar surface area (TPSA) is 34.1 Å². The Morgan fingerprint density at radius 1 is 0.929 bits per heavy atom. The molecule has 0 aliphatic rings.